The average Bonchev–Trinajstić information content (AvgIpc) is 3.81. The first-order valence-corrected chi connectivity index (χ1v) is 15.5. The van der Waals surface area contributed by atoms with Crippen LogP contribution in [0.25, 0.3) is 0 Å². The minimum absolute atomic E-state index is 0. The van der Waals surface area contributed by atoms with Crippen LogP contribution in [0.1, 0.15) is 53.8 Å². The van der Waals surface area contributed by atoms with E-state index in [0.717, 1.165) is 38.8 Å². The van der Waals surface area contributed by atoms with Crippen LogP contribution >= 0.6 is 0 Å². The number of carbonyl (C=O) groups is 4. The molecule has 7 rings (SSSR count). The monoisotopic (exact) mass is 610 g/mol. The standard InChI is InChI=1S/C13H21BN2O5.C8H8O4.C6H14BNO.CH4.H2/c1-14(20)16-6-4-15(5-7-16)12(17)10-8-2-3-9(21-8)11(10)13(18)19;9-7-5-3-1-2-4(11-3)6(5)8(10)12-7;1-7(9)8-5-3-2-4-6-8;;/h8-11,20H,2-7H2,1H3,(H,18,19);3-6H,1-2H2;9H,2-6H2,1H3;1H4;1H/i;;;;1+1. The summed E-state index contributed by atoms with van der Waals surface area (Å²) in [7, 11) is -0.745. The number of carboxylic acid groups (broad SMARTS) is 1. The Morgan fingerprint density at radius 2 is 1.16 bits per heavy atom. The molecular weight excluding hydrogens is 560 g/mol. The Kier molecular flexibility index (Phi) is 11.3. The summed E-state index contributed by atoms with van der Waals surface area (Å²) in [5, 5.41) is 28.0. The van der Waals surface area contributed by atoms with Crippen LogP contribution in [-0.2, 0) is 33.4 Å². The van der Waals surface area contributed by atoms with Crippen molar-refractivity contribution in [1.29, 1.82) is 0 Å². The Morgan fingerprint density at radius 1 is 0.721 bits per heavy atom. The number of nitrogens with zero attached hydrogens (tertiary/aromatic N) is 3. The maximum Gasteiger partial charge on any atom is 0.376 e. The molecule has 242 valence electrons. The highest BCUT2D eigenvalue weighted by Crippen LogP contribution is 2.47. The molecule has 0 spiro atoms. The lowest BCUT2D eigenvalue weighted by molar-refractivity contribution is -0.156. The van der Waals surface area contributed by atoms with Crippen molar-refractivity contribution in [3.8, 4) is 0 Å². The highest BCUT2D eigenvalue weighted by atomic mass is 16.6. The molecule has 0 aliphatic carbocycles. The van der Waals surface area contributed by atoms with Crippen molar-refractivity contribution in [1.82, 2.24) is 14.5 Å². The SMILES string of the molecule is C.CB(O)N1CCCCC1.CB(O)N1CCN(C(=O)C2C3CCC(O3)C2C(=O)O)CC1.O=C1OC(=O)C2C3CCC(O3)C12.[2HH]. The van der Waals surface area contributed by atoms with Crippen molar-refractivity contribution in [2.75, 3.05) is 39.3 Å². The predicted molar refractivity (Wildman–Crippen MR) is 159 cm³/mol. The van der Waals surface area contributed by atoms with Crippen LogP contribution in [0.5, 0.6) is 0 Å². The fourth-order valence-electron chi connectivity index (χ4n) is 7.64. The van der Waals surface area contributed by atoms with Crippen LogP contribution in [0.2, 0.25) is 13.6 Å². The minimum Gasteiger partial charge on any atom is -0.481 e. The van der Waals surface area contributed by atoms with Gasteiger partial charge < -0.3 is 43.9 Å². The van der Waals surface area contributed by atoms with E-state index in [1.165, 1.54) is 19.3 Å². The van der Waals surface area contributed by atoms with Crippen molar-refractivity contribution in [3.63, 3.8) is 0 Å². The first-order chi connectivity index (χ1) is 20.1. The van der Waals surface area contributed by atoms with Crippen LogP contribution in [0.3, 0.4) is 0 Å². The van der Waals surface area contributed by atoms with E-state index >= 15 is 0 Å². The average molecular weight is 610 g/mol. The lowest BCUT2D eigenvalue weighted by atomic mass is 9.78. The summed E-state index contributed by atoms with van der Waals surface area (Å²) < 4.78 is 15.7. The summed E-state index contributed by atoms with van der Waals surface area (Å²) in [6.45, 7) is 8.00. The smallest absolute Gasteiger partial charge is 0.376 e. The summed E-state index contributed by atoms with van der Waals surface area (Å²) in [6.07, 6.45) is 6.53. The van der Waals surface area contributed by atoms with Gasteiger partial charge in [0.05, 0.1) is 48.1 Å². The zero-order valence-corrected chi connectivity index (χ0v) is 24.5. The normalized spacial score (nSPS) is 36.0. The van der Waals surface area contributed by atoms with Crippen LogP contribution in [0.4, 0.5) is 0 Å². The van der Waals surface area contributed by atoms with Gasteiger partial charge in [-0.05, 0) is 65.3 Å². The van der Waals surface area contributed by atoms with Crippen LogP contribution < -0.4 is 0 Å². The first-order valence-electron chi connectivity index (χ1n) is 15.5. The number of aliphatic carboxylic acids is 1. The topological polar surface area (TPSA) is 166 Å². The number of rotatable bonds is 4. The number of ether oxygens (including phenoxy) is 3. The number of piperidine rings is 1. The number of piperazine rings is 1. The number of hydrogen-bond donors (Lipinski definition) is 3. The Hall–Kier alpha value is -2.03. The van der Waals surface area contributed by atoms with E-state index in [2.05, 4.69) is 9.55 Å². The fourth-order valence-corrected chi connectivity index (χ4v) is 7.64. The van der Waals surface area contributed by atoms with E-state index in [4.69, 9.17) is 14.5 Å². The predicted octanol–water partition coefficient (Wildman–Crippen LogP) is 0.447. The highest BCUT2D eigenvalue weighted by molar-refractivity contribution is 6.45. The quantitative estimate of drug-likeness (QED) is 0.229. The minimum atomic E-state index is -0.928. The van der Waals surface area contributed by atoms with E-state index in [1.807, 2.05) is 11.6 Å². The third-order valence-electron chi connectivity index (χ3n) is 9.94. The number of hydrogen-bond acceptors (Lipinski definition) is 11. The molecule has 8 atom stereocenters. The molecule has 7 aliphatic heterocycles. The third kappa shape index (κ3) is 7.12. The van der Waals surface area contributed by atoms with E-state index in [-0.39, 0.29) is 70.0 Å². The summed E-state index contributed by atoms with van der Waals surface area (Å²) >= 11 is 0. The van der Waals surface area contributed by atoms with Gasteiger partial charge in [0.15, 0.2) is 0 Å². The lowest BCUT2D eigenvalue weighted by Gasteiger charge is -2.38. The summed E-state index contributed by atoms with van der Waals surface area (Å²) in [6, 6.07) is 0. The van der Waals surface area contributed by atoms with Gasteiger partial charge in [0.1, 0.15) is 0 Å². The van der Waals surface area contributed by atoms with Crippen molar-refractivity contribution in [2.45, 2.75) is 90.4 Å². The molecule has 0 radical (unpaired) electrons. The summed E-state index contributed by atoms with van der Waals surface area (Å²) in [4.78, 5) is 52.1. The van der Waals surface area contributed by atoms with Gasteiger partial charge in [-0.1, -0.05) is 13.8 Å². The van der Waals surface area contributed by atoms with Gasteiger partial charge in [0, 0.05) is 27.6 Å². The number of esters is 2. The molecule has 1 amide bonds. The Bertz CT molecular complexity index is 1000. The fraction of sp³-hybridized carbons (Fsp3) is 0.857. The van der Waals surface area contributed by atoms with Crippen molar-refractivity contribution in [2.24, 2.45) is 23.7 Å². The van der Waals surface area contributed by atoms with E-state index < -0.39 is 24.9 Å². The van der Waals surface area contributed by atoms with Crippen LogP contribution in [-0.4, -0.2) is 131 Å². The van der Waals surface area contributed by atoms with Gasteiger partial charge >= 0.3 is 32.0 Å². The molecule has 7 heterocycles. The largest absolute Gasteiger partial charge is 0.481 e. The van der Waals surface area contributed by atoms with Crippen molar-refractivity contribution in [3.05, 3.63) is 0 Å². The molecule has 15 heteroatoms. The van der Waals surface area contributed by atoms with Crippen molar-refractivity contribution >= 4 is 37.9 Å². The van der Waals surface area contributed by atoms with Crippen LogP contribution in [0.15, 0.2) is 0 Å². The molecule has 43 heavy (non-hydrogen) atoms. The molecule has 3 N–H and O–H groups in total. The zero-order valence-electron chi connectivity index (χ0n) is 24.5. The van der Waals surface area contributed by atoms with Gasteiger partial charge in [0.25, 0.3) is 0 Å². The summed E-state index contributed by atoms with van der Waals surface area (Å²) in [5.74, 6) is -3.59. The molecular formula is C28H49B2N3O10. The highest BCUT2D eigenvalue weighted by Gasteiger charge is 2.61. The van der Waals surface area contributed by atoms with Crippen molar-refractivity contribution < 1.29 is 50.0 Å². The number of fused-ring (bicyclic) bond motifs is 7. The maximum atomic E-state index is 12.7. The number of cyclic esters (lactones) is 2. The van der Waals surface area contributed by atoms with Gasteiger partial charge in [-0.3, -0.25) is 19.2 Å². The Balaban J connectivity index is 0.000000195. The van der Waals surface area contributed by atoms with E-state index in [9.17, 15) is 29.3 Å². The molecule has 7 fully saturated rings. The number of amides is 1. The summed E-state index contributed by atoms with van der Waals surface area (Å²) in [5.41, 5.74) is 0. The van der Waals surface area contributed by atoms with Gasteiger partial charge in [-0.25, -0.2) is 0 Å². The van der Waals surface area contributed by atoms with Gasteiger partial charge in [0.2, 0.25) is 5.91 Å². The Morgan fingerprint density at radius 3 is 1.63 bits per heavy atom. The molecule has 13 nitrogen and oxygen atoms in total. The second-order valence-electron chi connectivity index (χ2n) is 12.5. The molecule has 7 saturated heterocycles. The van der Waals surface area contributed by atoms with E-state index in [0.29, 0.717) is 26.2 Å². The van der Waals surface area contributed by atoms with Gasteiger partial charge in [-0.2, -0.15) is 0 Å². The molecule has 0 saturated carbocycles. The molecule has 4 bridgehead atoms. The van der Waals surface area contributed by atoms with Gasteiger partial charge in [-0.15, -0.1) is 0 Å². The second kappa shape index (κ2) is 14.4. The van der Waals surface area contributed by atoms with E-state index in [1.54, 1.807) is 11.7 Å². The first kappa shape index (κ1) is 33.9. The molecule has 7 aliphatic rings. The second-order valence-corrected chi connectivity index (χ2v) is 12.5. The maximum absolute atomic E-state index is 12.7. The number of carbonyl (C=O) groups excluding carboxylic acids is 3. The number of carboxylic acids is 1. The molecule has 0 aromatic rings. The third-order valence-corrected chi connectivity index (χ3v) is 9.94. The Labute approximate surface area is 255 Å². The molecule has 8 unspecified atom stereocenters. The zero-order chi connectivity index (χ0) is 30.1. The molecule has 0 aromatic heterocycles. The molecule has 0 aromatic carbocycles. The lowest BCUT2D eigenvalue weighted by Crippen LogP contribution is -2.55. The van der Waals surface area contributed by atoms with Crippen LogP contribution in [0, 0.1) is 23.7 Å².